The number of rotatable bonds is 1. The lowest BCUT2D eigenvalue weighted by molar-refractivity contribution is 1.46. The van der Waals surface area contributed by atoms with Crippen LogP contribution in [-0.4, -0.2) is 0 Å². The van der Waals surface area contributed by atoms with Gasteiger partial charge in [0.05, 0.1) is 0 Å². The average Bonchev–Trinajstić information content (AvgIpc) is 2.19. The molecule has 0 aliphatic carbocycles. The second kappa shape index (κ2) is 4.07. The molecule has 2 aromatic carbocycles. The minimum absolute atomic E-state index is 0.740. The zero-order valence-electron chi connectivity index (χ0n) is 7.44. The topological polar surface area (TPSA) is 0 Å². The largest absolute Gasteiger partial charge is 0.143 e. The third-order valence-electron chi connectivity index (χ3n) is 2.05. The van der Waals surface area contributed by atoms with E-state index < -0.39 is 0 Å². The lowest BCUT2D eigenvalue weighted by Crippen LogP contribution is -1.80. The molecule has 0 amide bonds. The molecule has 0 spiro atoms. The van der Waals surface area contributed by atoms with Crippen LogP contribution in [0.25, 0.3) is 11.1 Å². The van der Waals surface area contributed by atoms with Crippen molar-refractivity contribution in [3.8, 4) is 11.1 Å². The maximum atomic E-state index is 6.12. The molecule has 0 bridgehead atoms. The number of benzene rings is 2. The van der Waals surface area contributed by atoms with Crippen LogP contribution in [0, 0.1) is 0 Å². The number of halogens is 1. The van der Waals surface area contributed by atoms with Crippen LogP contribution in [0.3, 0.4) is 0 Å². The number of hydrogen-bond acceptors (Lipinski definition) is 1. The summed E-state index contributed by atoms with van der Waals surface area (Å²) in [5.74, 6) is 0. The van der Waals surface area contributed by atoms with Crippen molar-refractivity contribution in [3.05, 3.63) is 53.6 Å². The molecule has 0 aliphatic heterocycles. The Morgan fingerprint density at radius 3 is 2.21 bits per heavy atom. The summed E-state index contributed by atoms with van der Waals surface area (Å²) in [5.41, 5.74) is 2.10. The Morgan fingerprint density at radius 2 is 1.57 bits per heavy atom. The lowest BCUT2D eigenvalue weighted by atomic mass is 10.1. The van der Waals surface area contributed by atoms with E-state index in [0.29, 0.717) is 0 Å². The van der Waals surface area contributed by atoms with Crippen molar-refractivity contribution in [1.82, 2.24) is 0 Å². The summed E-state index contributed by atoms with van der Waals surface area (Å²) in [6, 6.07) is 15.7. The molecule has 0 N–H and O–H groups in total. The Kier molecular flexibility index (Phi) is 2.80. The summed E-state index contributed by atoms with van der Waals surface area (Å²) in [6.45, 7) is 0. The molecule has 0 fully saturated rings. The molecule has 0 radical (unpaired) electrons. The average molecular weight is 221 g/mol. The molecular weight excluding hydrogens is 212 g/mol. The van der Waals surface area contributed by atoms with Crippen LogP contribution in [0.1, 0.15) is 0 Å². The summed E-state index contributed by atoms with van der Waals surface area (Å²) in [5, 5.41) is 0.740. The highest BCUT2D eigenvalue weighted by atomic mass is 35.5. The highest BCUT2D eigenvalue weighted by Gasteiger charge is 2.05. The molecule has 70 valence electrons. The summed E-state index contributed by atoms with van der Waals surface area (Å²) < 4.78 is 0. The van der Waals surface area contributed by atoms with Crippen LogP contribution < -0.4 is 0 Å². The monoisotopic (exact) mass is 220 g/mol. The Bertz CT molecular complexity index is 417. The minimum Gasteiger partial charge on any atom is -0.143 e. The van der Waals surface area contributed by atoms with E-state index in [-0.39, 0.29) is 0 Å². The second-order valence-corrected chi connectivity index (χ2v) is 3.89. The van der Waals surface area contributed by atoms with Crippen molar-refractivity contribution >= 4 is 24.2 Å². The van der Waals surface area contributed by atoms with E-state index in [9.17, 15) is 0 Å². The van der Waals surface area contributed by atoms with E-state index in [1.165, 1.54) is 0 Å². The summed E-state index contributed by atoms with van der Waals surface area (Å²) in [4.78, 5) is 0.906. The maximum absolute atomic E-state index is 6.12. The minimum atomic E-state index is 0.740. The van der Waals surface area contributed by atoms with Crippen molar-refractivity contribution in [1.29, 1.82) is 0 Å². The molecule has 0 aliphatic rings. The Hall–Kier alpha value is -0.920. The third kappa shape index (κ3) is 1.79. The normalized spacial score (nSPS) is 10.1. The predicted octanol–water partition coefficient (Wildman–Crippen LogP) is 4.30. The first-order valence-corrected chi connectivity index (χ1v) is 5.14. The fourth-order valence-electron chi connectivity index (χ4n) is 1.40. The van der Waals surface area contributed by atoms with Crippen molar-refractivity contribution in [2.75, 3.05) is 0 Å². The summed E-state index contributed by atoms with van der Waals surface area (Å²) in [6.07, 6.45) is 0. The molecule has 2 rings (SSSR count). The fraction of sp³-hybridized carbons (Fsp3) is 0. The van der Waals surface area contributed by atoms with Gasteiger partial charge in [0.25, 0.3) is 0 Å². The standard InChI is InChI=1S/C12H9ClS/c13-10-7-4-8-11(14)12(10)9-5-2-1-3-6-9/h1-8,14H. The number of thiol groups is 1. The Morgan fingerprint density at radius 1 is 0.857 bits per heavy atom. The van der Waals surface area contributed by atoms with Crippen molar-refractivity contribution in [2.24, 2.45) is 0 Å². The third-order valence-corrected chi connectivity index (χ3v) is 2.74. The van der Waals surface area contributed by atoms with Crippen LogP contribution in [0.15, 0.2) is 53.4 Å². The van der Waals surface area contributed by atoms with Gasteiger partial charge in [0.1, 0.15) is 0 Å². The van der Waals surface area contributed by atoms with Gasteiger partial charge in [-0.2, -0.15) is 0 Å². The summed E-state index contributed by atoms with van der Waals surface area (Å²) in [7, 11) is 0. The first kappa shape index (κ1) is 9.63. The van der Waals surface area contributed by atoms with E-state index in [2.05, 4.69) is 12.6 Å². The van der Waals surface area contributed by atoms with Crippen molar-refractivity contribution in [2.45, 2.75) is 4.90 Å². The van der Waals surface area contributed by atoms with E-state index >= 15 is 0 Å². The van der Waals surface area contributed by atoms with E-state index in [4.69, 9.17) is 11.6 Å². The second-order valence-electron chi connectivity index (χ2n) is 3.00. The molecule has 0 saturated carbocycles. The molecule has 0 unspecified atom stereocenters. The molecule has 0 atom stereocenters. The molecule has 0 nitrogen and oxygen atoms in total. The van der Waals surface area contributed by atoms with Crippen molar-refractivity contribution < 1.29 is 0 Å². The van der Waals surface area contributed by atoms with Crippen molar-refractivity contribution in [3.63, 3.8) is 0 Å². The van der Waals surface area contributed by atoms with Gasteiger partial charge in [-0.25, -0.2) is 0 Å². The van der Waals surface area contributed by atoms with Crippen LogP contribution in [0.2, 0.25) is 5.02 Å². The van der Waals surface area contributed by atoms with Gasteiger partial charge in [-0.15, -0.1) is 12.6 Å². The fourth-order valence-corrected chi connectivity index (χ4v) is 2.09. The molecule has 2 heteroatoms. The van der Waals surface area contributed by atoms with Gasteiger partial charge in [0.2, 0.25) is 0 Å². The molecular formula is C12H9ClS. The molecule has 14 heavy (non-hydrogen) atoms. The zero-order chi connectivity index (χ0) is 9.97. The predicted molar refractivity (Wildman–Crippen MR) is 64.1 cm³/mol. The summed E-state index contributed by atoms with van der Waals surface area (Å²) >= 11 is 10.5. The van der Waals surface area contributed by atoms with Gasteiger partial charge in [-0.1, -0.05) is 48.0 Å². The van der Waals surface area contributed by atoms with Crippen LogP contribution in [0.5, 0.6) is 0 Å². The highest BCUT2D eigenvalue weighted by Crippen LogP contribution is 2.32. The number of hydrogen-bond donors (Lipinski definition) is 1. The Balaban J connectivity index is 2.63. The molecule has 0 saturated heterocycles. The molecule has 2 aromatic rings. The van der Waals surface area contributed by atoms with E-state index in [0.717, 1.165) is 21.0 Å². The van der Waals surface area contributed by atoms with Gasteiger partial charge in [-0.3, -0.25) is 0 Å². The maximum Gasteiger partial charge on any atom is 0.0495 e. The zero-order valence-corrected chi connectivity index (χ0v) is 9.09. The van der Waals surface area contributed by atoms with Gasteiger partial charge in [0.15, 0.2) is 0 Å². The first-order valence-electron chi connectivity index (χ1n) is 4.32. The van der Waals surface area contributed by atoms with Gasteiger partial charge < -0.3 is 0 Å². The Labute approximate surface area is 93.9 Å². The van der Waals surface area contributed by atoms with Gasteiger partial charge in [0, 0.05) is 15.5 Å². The van der Waals surface area contributed by atoms with E-state index in [1.54, 1.807) is 0 Å². The quantitative estimate of drug-likeness (QED) is 0.681. The van der Waals surface area contributed by atoms with Gasteiger partial charge in [-0.05, 0) is 17.7 Å². The van der Waals surface area contributed by atoms with Crippen LogP contribution in [-0.2, 0) is 0 Å². The van der Waals surface area contributed by atoms with Gasteiger partial charge >= 0.3 is 0 Å². The highest BCUT2D eigenvalue weighted by molar-refractivity contribution is 7.80. The first-order chi connectivity index (χ1) is 6.79. The molecule has 0 aromatic heterocycles. The van der Waals surface area contributed by atoms with Crippen LogP contribution in [0.4, 0.5) is 0 Å². The van der Waals surface area contributed by atoms with Crippen LogP contribution >= 0.6 is 24.2 Å². The molecule has 0 heterocycles. The lowest BCUT2D eigenvalue weighted by Gasteiger charge is -2.06. The SMILES string of the molecule is Sc1cccc(Cl)c1-c1ccccc1. The van der Waals surface area contributed by atoms with E-state index in [1.807, 2.05) is 48.5 Å². The smallest absolute Gasteiger partial charge is 0.0495 e.